The lowest BCUT2D eigenvalue weighted by Crippen LogP contribution is -2.26. The molecule has 1 aromatic rings. The van der Waals surface area contributed by atoms with Gasteiger partial charge in [-0.25, -0.2) is 4.39 Å². The summed E-state index contributed by atoms with van der Waals surface area (Å²) in [6.07, 6.45) is 1.96. The number of amides is 1. The molecule has 15 heavy (non-hydrogen) atoms. The summed E-state index contributed by atoms with van der Waals surface area (Å²) in [4.78, 5) is 11.6. The minimum absolute atomic E-state index is 0.214. The van der Waals surface area contributed by atoms with E-state index in [0.29, 0.717) is 12.1 Å². The molecule has 0 saturated heterocycles. The molecular weight excluding hydrogens is 281 g/mol. The third-order valence-electron chi connectivity index (χ3n) is 1.79. The number of nitrogens with one attached hydrogen (secondary N) is 1. The Bertz CT molecular complexity index is 359. The Kier molecular flexibility index (Phi) is 5.11. The molecule has 0 fully saturated rings. The largest absolute Gasteiger partial charge is 0.351 e. The maximum absolute atomic E-state index is 13.1. The van der Waals surface area contributed by atoms with E-state index in [9.17, 15) is 9.18 Å². The maximum Gasteiger partial charge on any atom is 0.252 e. The van der Waals surface area contributed by atoms with Crippen molar-refractivity contribution in [2.45, 2.75) is 0 Å². The number of hydrogen-bond acceptors (Lipinski definition) is 2. The van der Waals surface area contributed by atoms with Crippen LogP contribution in [-0.4, -0.2) is 24.5 Å². The zero-order valence-electron chi connectivity index (χ0n) is 8.22. The van der Waals surface area contributed by atoms with Gasteiger partial charge >= 0.3 is 0 Å². The Morgan fingerprint density at radius 1 is 1.60 bits per heavy atom. The maximum atomic E-state index is 13.1. The number of benzene rings is 1. The van der Waals surface area contributed by atoms with Gasteiger partial charge in [0.25, 0.3) is 5.91 Å². The van der Waals surface area contributed by atoms with Crippen LogP contribution in [0.1, 0.15) is 10.4 Å². The summed E-state index contributed by atoms with van der Waals surface area (Å²) in [5, 5.41) is 2.71. The smallest absolute Gasteiger partial charge is 0.252 e. The van der Waals surface area contributed by atoms with E-state index in [-0.39, 0.29) is 10.4 Å². The third kappa shape index (κ3) is 3.50. The molecule has 0 aliphatic heterocycles. The molecule has 1 rings (SSSR count). The van der Waals surface area contributed by atoms with Crippen LogP contribution in [0.4, 0.5) is 4.39 Å². The van der Waals surface area contributed by atoms with Crippen LogP contribution in [0.25, 0.3) is 0 Å². The van der Waals surface area contributed by atoms with E-state index in [1.54, 1.807) is 17.8 Å². The van der Waals surface area contributed by atoms with E-state index in [1.165, 1.54) is 12.1 Å². The summed E-state index contributed by atoms with van der Waals surface area (Å²) < 4.78 is 13.3. The summed E-state index contributed by atoms with van der Waals surface area (Å²) in [5.74, 6) is 0.168. The third-order valence-corrected chi connectivity index (χ3v) is 3.21. The normalized spacial score (nSPS) is 10.1. The van der Waals surface area contributed by atoms with Crippen LogP contribution < -0.4 is 5.32 Å². The molecule has 0 bridgehead atoms. The van der Waals surface area contributed by atoms with E-state index >= 15 is 0 Å². The molecule has 0 saturated carbocycles. The van der Waals surface area contributed by atoms with Crippen LogP contribution in [0, 0.1) is 5.82 Å². The van der Waals surface area contributed by atoms with Crippen molar-refractivity contribution in [2.24, 2.45) is 0 Å². The molecule has 1 amide bonds. The van der Waals surface area contributed by atoms with E-state index in [4.69, 9.17) is 0 Å². The first-order valence-electron chi connectivity index (χ1n) is 4.38. The van der Waals surface area contributed by atoms with Gasteiger partial charge < -0.3 is 5.32 Å². The molecule has 0 aliphatic rings. The summed E-state index contributed by atoms with van der Waals surface area (Å²) in [5.41, 5.74) is 0.330. The van der Waals surface area contributed by atoms with E-state index in [0.717, 1.165) is 5.75 Å². The first kappa shape index (κ1) is 12.5. The van der Waals surface area contributed by atoms with Gasteiger partial charge in [-0.05, 0) is 34.3 Å². The van der Waals surface area contributed by atoms with Crippen molar-refractivity contribution in [1.82, 2.24) is 5.32 Å². The van der Waals surface area contributed by atoms with Crippen LogP contribution in [0.5, 0.6) is 0 Å². The Morgan fingerprint density at radius 3 is 3.00 bits per heavy atom. The van der Waals surface area contributed by atoms with Crippen LogP contribution in [0.3, 0.4) is 0 Å². The fourth-order valence-electron chi connectivity index (χ4n) is 1.04. The Hall–Kier alpha value is -0.550. The second-order valence-electron chi connectivity index (χ2n) is 2.85. The lowest BCUT2D eigenvalue weighted by Gasteiger charge is -2.06. The van der Waals surface area contributed by atoms with Crippen LogP contribution in [0.15, 0.2) is 22.7 Å². The van der Waals surface area contributed by atoms with E-state index in [2.05, 4.69) is 21.2 Å². The second-order valence-corrected chi connectivity index (χ2v) is 4.63. The number of thioether (sulfide) groups is 1. The molecule has 2 nitrogen and oxygen atoms in total. The fraction of sp³-hybridized carbons (Fsp3) is 0.300. The summed E-state index contributed by atoms with van der Waals surface area (Å²) in [6, 6.07) is 4.41. The second kappa shape index (κ2) is 6.12. The highest BCUT2D eigenvalue weighted by Gasteiger charge is 2.11. The van der Waals surface area contributed by atoms with Crippen molar-refractivity contribution < 1.29 is 9.18 Å². The number of halogens is 2. The number of carbonyl (C=O) groups excluding carboxylic acids is 1. The van der Waals surface area contributed by atoms with Crippen molar-refractivity contribution >= 4 is 33.6 Å². The molecule has 0 unspecified atom stereocenters. The zero-order valence-corrected chi connectivity index (χ0v) is 10.6. The minimum Gasteiger partial charge on any atom is -0.351 e. The van der Waals surface area contributed by atoms with Crippen molar-refractivity contribution in [3.63, 3.8) is 0 Å². The Balaban J connectivity index is 2.69. The van der Waals surface area contributed by atoms with Gasteiger partial charge in [0.1, 0.15) is 5.82 Å². The molecule has 0 aromatic heterocycles. The van der Waals surface area contributed by atoms with Crippen molar-refractivity contribution in [3.8, 4) is 0 Å². The highest BCUT2D eigenvalue weighted by molar-refractivity contribution is 9.10. The van der Waals surface area contributed by atoms with Gasteiger partial charge in [-0.1, -0.05) is 6.07 Å². The van der Waals surface area contributed by atoms with Crippen LogP contribution in [0.2, 0.25) is 0 Å². The Morgan fingerprint density at radius 2 is 2.33 bits per heavy atom. The monoisotopic (exact) mass is 291 g/mol. The van der Waals surface area contributed by atoms with Gasteiger partial charge in [-0.15, -0.1) is 0 Å². The molecule has 0 atom stereocenters. The van der Waals surface area contributed by atoms with Gasteiger partial charge in [0.15, 0.2) is 0 Å². The standard InChI is InChI=1S/C10H11BrFNOS/c1-15-6-5-13-10(14)7-3-2-4-8(12)9(7)11/h2-4H,5-6H2,1H3,(H,13,14). The first-order valence-corrected chi connectivity index (χ1v) is 6.56. The molecule has 0 aliphatic carbocycles. The predicted octanol–water partition coefficient (Wildman–Crippen LogP) is 2.68. The quantitative estimate of drug-likeness (QED) is 0.864. The lowest BCUT2D eigenvalue weighted by atomic mass is 10.2. The summed E-state index contributed by atoms with van der Waals surface area (Å²) in [7, 11) is 0. The van der Waals surface area contributed by atoms with Gasteiger partial charge in [0, 0.05) is 12.3 Å². The van der Waals surface area contributed by atoms with E-state index < -0.39 is 5.82 Å². The number of hydrogen-bond donors (Lipinski definition) is 1. The van der Waals surface area contributed by atoms with E-state index in [1.807, 2.05) is 6.26 Å². The molecule has 1 aromatic carbocycles. The molecule has 0 radical (unpaired) electrons. The highest BCUT2D eigenvalue weighted by Crippen LogP contribution is 2.20. The zero-order chi connectivity index (χ0) is 11.3. The van der Waals surface area contributed by atoms with Gasteiger partial charge in [0.05, 0.1) is 10.0 Å². The SMILES string of the molecule is CSCCNC(=O)c1cccc(F)c1Br. The average Bonchev–Trinajstić information content (AvgIpc) is 2.22. The predicted molar refractivity (Wildman–Crippen MR) is 64.8 cm³/mol. The molecule has 1 N–H and O–H groups in total. The molecule has 0 spiro atoms. The average molecular weight is 292 g/mol. The highest BCUT2D eigenvalue weighted by atomic mass is 79.9. The number of rotatable bonds is 4. The lowest BCUT2D eigenvalue weighted by molar-refractivity contribution is 0.0955. The minimum atomic E-state index is -0.424. The summed E-state index contributed by atoms with van der Waals surface area (Å²) >= 11 is 4.69. The van der Waals surface area contributed by atoms with Crippen LogP contribution in [-0.2, 0) is 0 Å². The van der Waals surface area contributed by atoms with Gasteiger partial charge in [-0.2, -0.15) is 11.8 Å². The Labute approximate surface area is 101 Å². The van der Waals surface area contributed by atoms with Crippen molar-refractivity contribution in [1.29, 1.82) is 0 Å². The number of carbonyl (C=O) groups is 1. The molecule has 0 heterocycles. The van der Waals surface area contributed by atoms with Crippen molar-refractivity contribution in [3.05, 3.63) is 34.1 Å². The molecular formula is C10H11BrFNOS. The molecule has 82 valence electrons. The first-order chi connectivity index (χ1) is 7.16. The summed E-state index contributed by atoms with van der Waals surface area (Å²) in [6.45, 7) is 0.586. The van der Waals surface area contributed by atoms with Crippen LogP contribution >= 0.6 is 27.7 Å². The fourth-order valence-corrected chi connectivity index (χ4v) is 1.79. The molecule has 5 heteroatoms. The van der Waals surface area contributed by atoms with Crippen molar-refractivity contribution in [2.75, 3.05) is 18.6 Å². The van der Waals surface area contributed by atoms with Gasteiger partial charge in [0.2, 0.25) is 0 Å². The topological polar surface area (TPSA) is 29.1 Å². The van der Waals surface area contributed by atoms with Gasteiger partial charge in [-0.3, -0.25) is 4.79 Å².